The summed E-state index contributed by atoms with van der Waals surface area (Å²) in [5.41, 5.74) is 3.57. The van der Waals surface area contributed by atoms with Gasteiger partial charge < -0.3 is 10.7 Å². The summed E-state index contributed by atoms with van der Waals surface area (Å²) in [4.78, 5) is 12.8. The van der Waals surface area contributed by atoms with Gasteiger partial charge in [-0.15, -0.1) is 0 Å². The number of aromatic amines is 1. The van der Waals surface area contributed by atoms with Gasteiger partial charge in [-0.2, -0.15) is 0 Å². The molecule has 0 atom stereocenters. The highest BCUT2D eigenvalue weighted by Crippen LogP contribution is 2.20. The molecule has 0 fully saturated rings. The van der Waals surface area contributed by atoms with Gasteiger partial charge in [-0.3, -0.25) is 4.79 Å². The van der Waals surface area contributed by atoms with Crippen LogP contribution >= 0.6 is 11.6 Å². The van der Waals surface area contributed by atoms with E-state index >= 15 is 0 Å². The van der Waals surface area contributed by atoms with Crippen molar-refractivity contribution in [3.05, 3.63) is 27.0 Å². The molecule has 66 valence electrons. The first-order valence-corrected chi connectivity index (χ1v) is 3.36. The average molecular weight is 195 g/mol. The van der Waals surface area contributed by atoms with Crippen LogP contribution in [0.5, 0.6) is 0 Å². The van der Waals surface area contributed by atoms with E-state index in [2.05, 4.69) is 0 Å². The van der Waals surface area contributed by atoms with Crippen LogP contribution in [-0.2, 0) is 0 Å². The zero-order valence-corrected chi connectivity index (χ0v) is 6.53. The molecule has 0 saturated carbocycles. The lowest BCUT2D eigenvalue weighted by Crippen LogP contribution is -2.14. The van der Waals surface area contributed by atoms with Crippen molar-refractivity contribution in [2.45, 2.75) is 6.43 Å². The minimum absolute atomic E-state index is 0.0788. The highest BCUT2D eigenvalue weighted by Gasteiger charge is 2.13. The number of anilines is 1. The van der Waals surface area contributed by atoms with E-state index in [1.165, 1.54) is 0 Å². The monoisotopic (exact) mass is 194 g/mol. The van der Waals surface area contributed by atoms with Gasteiger partial charge in [-0.1, -0.05) is 11.6 Å². The Morgan fingerprint density at radius 3 is 2.67 bits per heavy atom. The molecule has 0 saturated heterocycles. The summed E-state index contributed by atoms with van der Waals surface area (Å²) in [5.74, 6) is -0.105. The highest BCUT2D eigenvalue weighted by molar-refractivity contribution is 6.32. The normalized spacial score (nSPS) is 10.7. The van der Waals surface area contributed by atoms with Gasteiger partial charge in [0.25, 0.3) is 12.0 Å². The Kier molecular flexibility index (Phi) is 2.32. The van der Waals surface area contributed by atoms with Gasteiger partial charge in [0, 0.05) is 0 Å². The highest BCUT2D eigenvalue weighted by atomic mass is 35.5. The van der Waals surface area contributed by atoms with Gasteiger partial charge in [0.1, 0.15) is 5.82 Å². The van der Waals surface area contributed by atoms with Crippen molar-refractivity contribution in [1.29, 1.82) is 0 Å². The Labute approximate surface area is 71.2 Å². The van der Waals surface area contributed by atoms with Crippen LogP contribution < -0.4 is 11.3 Å². The Bertz CT molecular complexity index is 350. The van der Waals surface area contributed by atoms with Crippen LogP contribution in [0.2, 0.25) is 5.02 Å². The number of nitrogens with one attached hydrogen (secondary N) is 1. The van der Waals surface area contributed by atoms with Crippen LogP contribution in [0.3, 0.4) is 0 Å². The third-order valence-electron chi connectivity index (χ3n) is 1.29. The van der Waals surface area contributed by atoms with E-state index in [1.54, 1.807) is 0 Å². The molecule has 0 aliphatic rings. The molecule has 1 heterocycles. The summed E-state index contributed by atoms with van der Waals surface area (Å²) in [7, 11) is 0. The third kappa shape index (κ3) is 1.55. The molecule has 0 aliphatic heterocycles. The summed E-state index contributed by atoms with van der Waals surface area (Å²) in [6.07, 6.45) is -2.84. The van der Waals surface area contributed by atoms with Gasteiger partial charge in [-0.25, -0.2) is 8.78 Å². The van der Waals surface area contributed by atoms with E-state index in [4.69, 9.17) is 17.3 Å². The predicted molar refractivity (Wildman–Crippen MR) is 41.4 cm³/mol. The maximum atomic E-state index is 12.0. The first-order chi connectivity index (χ1) is 5.52. The number of halogens is 3. The molecular weight excluding hydrogens is 190 g/mol. The fourth-order valence-corrected chi connectivity index (χ4v) is 0.861. The second-order valence-corrected chi connectivity index (χ2v) is 2.52. The van der Waals surface area contributed by atoms with Gasteiger partial charge >= 0.3 is 0 Å². The van der Waals surface area contributed by atoms with E-state index < -0.39 is 17.5 Å². The number of H-pyrrole nitrogens is 1. The lowest BCUT2D eigenvalue weighted by atomic mass is 10.3. The fourth-order valence-electron chi connectivity index (χ4n) is 0.696. The molecule has 3 N–H and O–H groups in total. The number of nitrogen functional groups attached to an aromatic ring is 1. The topological polar surface area (TPSA) is 58.9 Å². The van der Waals surface area contributed by atoms with Crippen LogP contribution in [0.15, 0.2) is 10.9 Å². The van der Waals surface area contributed by atoms with E-state index in [0.717, 1.165) is 6.07 Å². The van der Waals surface area contributed by atoms with E-state index in [1.807, 2.05) is 4.98 Å². The molecular formula is C6H5ClF2N2O. The summed E-state index contributed by atoms with van der Waals surface area (Å²) >= 11 is 5.40. The molecule has 1 aromatic heterocycles. The molecule has 0 radical (unpaired) electrons. The Hall–Kier alpha value is -1.10. The third-order valence-corrected chi connectivity index (χ3v) is 1.60. The van der Waals surface area contributed by atoms with Gasteiger partial charge in [-0.05, 0) is 6.07 Å². The second kappa shape index (κ2) is 3.10. The first kappa shape index (κ1) is 8.99. The van der Waals surface area contributed by atoms with Crippen LogP contribution in [0.25, 0.3) is 0 Å². The lowest BCUT2D eigenvalue weighted by molar-refractivity contribution is 0.149. The van der Waals surface area contributed by atoms with Crippen molar-refractivity contribution in [1.82, 2.24) is 4.98 Å². The fraction of sp³-hybridized carbons (Fsp3) is 0.167. The predicted octanol–water partition coefficient (Wildman–Crippen LogP) is 1.55. The van der Waals surface area contributed by atoms with Crippen LogP contribution in [0.4, 0.5) is 14.6 Å². The zero-order valence-electron chi connectivity index (χ0n) is 5.77. The largest absolute Gasteiger partial charge is 0.384 e. The summed E-state index contributed by atoms with van der Waals surface area (Å²) in [5, 5.41) is -0.0788. The molecule has 0 unspecified atom stereocenters. The second-order valence-electron chi connectivity index (χ2n) is 2.12. The summed E-state index contributed by atoms with van der Waals surface area (Å²) in [6, 6.07) is 0.861. The Morgan fingerprint density at radius 2 is 2.17 bits per heavy atom. The van der Waals surface area contributed by atoms with Gasteiger partial charge in [0.2, 0.25) is 0 Å². The molecule has 0 amide bonds. The summed E-state index contributed by atoms with van der Waals surface area (Å²) in [6.45, 7) is 0. The number of aromatic nitrogens is 1. The zero-order chi connectivity index (χ0) is 9.30. The van der Waals surface area contributed by atoms with E-state index in [9.17, 15) is 13.6 Å². The summed E-state index contributed by atoms with van der Waals surface area (Å²) < 4.78 is 24.0. The lowest BCUT2D eigenvalue weighted by Gasteiger charge is -2.00. The van der Waals surface area contributed by atoms with Crippen LogP contribution in [0.1, 0.15) is 12.0 Å². The quantitative estimate of drug-likeness (QED) is 0.713. The molecule has 0 bridgehead atoms. The number of alkyl halides is 2. The standard InChI is InChI=1S/C6H5ClF2N2O/c7-3-1-2(4(8)9)6(12)11-5(3)10/h1,4H,(H3,10,11,12). The molecule has 1 rings (SSSR count). The maximum absolute atomic E-state index is 12.0. The Balaban J connectivity index is 3.33. The number of hydrogen-bond donors (Lipinski definition) is 2. The van der Waals surface area contributed by atoms with E-state index in [0.29, 0.717) is 0 Å². The Morgan fingerprint density at radius 1 is 1.58 bits per heavy atom. The number of hydrogen-bond acceptors (Lipinski definition) is 2. The van der Waals surface area contributed by atoms with E-state index in [-0.39, 0.29) is 10.8 Å². The number of rotatable bonds is 1. The van der Waals surface area contributed by atoms with Crippen LogP contribution in [-0.4, -0.2) is 4.98 Å². The van der Waals surface area contributed by atoms with Crippen molar-refractivity contribution in [2.75, 3.05) is 5.73 Å². The smallest absolute Gasteiger partial charge is 0.269 e. The average Bonchev–Trinajstić information content (AvgIpc) is 1.96. The van der Waals surface area contributed by atoms with Crippen molar-refractivity contribution in [3.8, 4) is 0 Å². The van der Waals surface area contributed by atoms with Gasteiger partial charge in [0.15, 0.2) is 0 Å². The molecule has 0 spiro atoms. The molecule has 12 heavy (non-hydrogen) atoms. The molecule has 1 aromatic rings. The minimum Gasteiger partial charge on any atom is -0.384 e. The molecule has 0 aliphatic carbocycles. The molecule has 6 heteroatoms. The van der Waals surface area contributed by atoms with Crippen LogP contribution in [0, 0.1) is 0 Å². The molecule has 3 nitrogen and oxygen atoms in total. The number of pyridine rings is 1. The van der Waals surface area contributed by atoms with Gasteiger partial charge in [0.05, 0.1) is 10.6 Å². The van der Waals surface area contributed by atoms with Crippen molar-refractivity contribution >= 4 is 17.4 Å². The van der Waals surface area contributed by atoms with Crippen molar-refractivity contribution in [2.24, 2.45) is 0 Å². The minimum atomic E-state index is -2.84. The van der Waals surface area contributed by atoms with Crippen molar-refractivity contribution < 1.29 is 8.78 Å². The number of nitrogens with two attached hydrogens (primary N) is 1. The maximum Gasteiger partial charge on any atom is 0.269 e. The first-order valence-electron chi connectivity index (χ1n) is 2.98. The molecule has 0 aromatic carbocycles. The SMILES string of the molecule is Nc1[nH]c(=O)c(C(F)F)cc1Cl. The van der Waals surface area contributed by atoms with Crippen molar-refractivity contribution in [3.63, 3.8) is 0 Å².